The lowest BCUT2D eigenvalue weighted by molar-refractivity contribution is 0.0827. The maximum Gasteiger partial charge on any atom is 0.253 e. The summed E-state index contributed by atoms with van der Waals surface area (Å²) in [7, 11) is 6.74. The molecular weight excluding hydrogens is 440 g/mol. The van der Waals surface area contributed by atoms with Crippen molar-refractivity contribution in [1.82, 2.24) is 14.9 Å². The fraction of sp³-hybridized carbons (Fsp3) is 0.250. The first kappa shape index (κ1) is 24.0. The molecule has 0 spiro atoms. The van der Waals surface area contributed by atoms with Gasteiger partial charge in [0.15, 0.2) is 11.5 Å². The summed E-state index contributed by atoms with van der Waals surface area (Å²) in [5.74, 6) is 2.62. The number of fused-ring (bicyclic) bond motifs is 1. The number of methoxy groups -OCH3 is 2. The molecule has 3 aromatic carbocycles. The second-order valence-electron chi connectivity index (χ2n) is 8.62. The molecular formula is C28H30N4O3. The van der Waals surface area contributed by atoms with E-state index in [1.165, 1.54) is 0 Å². The number of amides is 1. The molecule has 0 fully saturated rings. The monoisotopic (exact) mass is 470 g/mol. The van der Waals surface area contributed by atoms with E-state index in [2.05, 4.69) is 40.4 Å². The summed E-state index contributed by atoms with van der Waals surface area (Å²) >= 11 is 0. The predicted molar refractivity (Wildman–Crippen MR) is 139 cm³/mol. The standard InChI is InChI=1S/C28H30N4O3/c1-17(29-27-23-15-25(34-5)26(35-6)16-24(23)30-18(2)31-27)19-9-7-10-20(13-19)21-11-8-12-22(14-21)28(33)32(3)4/h7-17H,1-6H3,(H,29,30,31)/t17-/m1/s1. The van der Waals surface area contributed by atoms with Crippen LogP contribution in [0.4, 0.5) is 5.82 Å². The van der Waals surface area contributed by atoms with E-state index in [1.54, 1.807) is 33.2 Å². The highest BCUT2D eigenvalue weighted by atomic mass is 16.5. The van der Waals surface area contributed by atoms with E-state index < -0.39 is 0 Å². The Labute approximate surface area is 205 Å². The van der Waals surface area contributed by atoms with Crippen LogP contribution in [-0.2, 0) is 0 Å². The summed E-state index contributed by atoms with van der Waals surface area (Å²) in [4.78, 5) is 23.2. The van der Waals surface area contributed by atoms with E-state index in [0.29, 0.717) is 22.9 Å². The smallest absolute Gasteiger partial charge is 0.253 e. The Morgan fingerprint density at radius 1 is 0.914 bits per heavy atom. The van der Waals surface area contributed by atoms with E-state index in [4.69, 9.17) is 9.47 Å². The Kier molecular flexibility index (Phi) is 6.87. The van der Waals surface area contributed by atoms with Crippen molar-refractivity contribution in [1.29, 1.82) is 0 Å². The minimum atomic E-state index is -0.0351. The highest BCUT2D eigenvalue weighted by molar-refractivity contribution is 5.95. The van der Waals surface area contributed by atoms with E-state index >= 15 is 0 Å². The molecule has 1 atom stereocenters. The number of nitrogens with one attached hydrogen (secondary N) is 1. The van der Waals surface area contributed by atoms with Gasteiger partial charge in [0, 0.05) is 37.2 Å². The largest absolute Gasteiger partial charge is 0.493 e. The minimum Gasteiger partial charge on any atom is -0.493 e. The van der Waals surface area contributed by atoms with Crippen LogP contribution in [0.2, 0.25) is 0 Å². The predicted octanol–water partition coefficient (Wildman–Crippen LogP) is 5.50. The van der Waals surface area contributed by atoms with Crippen LogP contribution in [0, 0.1) is 6.92 Å². The number of hydrogen-bond acceptors (Lipinski definition) is 6. The molecule has 1 aromatic heterocycles. The first-order chi connectivity index (χ1) is 16.8. The van der Waals surface area contributed by atoms with Gasteiger partial charge in [-0.1, -0.05) is 30.3 Å². The average molecular weight is 471 g/mol. The van der Waals surface area contributed by atoms with Crippen LogP contribution in [0.25, 0.3) is 22.0 Å². The third kappa shape index (κ3) is 5.04. The van der Waals surface area contributed by atoms with Crippen molar-refractivity contribution < 1.29 is 14.3 Å². The summed E-state index contributed by atoms with van der Waals surface area (Å²) < 4.78 is 10.9. The maximum atomic E-state index is 12.4. The van der Waals surface area contributed by atoms with Crippen molar-refractivity contribution in [3.8, 4) is 22.6 Å². The highest BCUT2D eigenvalue weighted by Gasteiger charge is 2.15. The minimum absolute atomic E-state index is 0.0175. The van der Waals surface area contributed by atoms with Crippen LogP contribution in [-0.4, -0.2) is 49.1 Å². The molecule has 0 aliphatic carbocycles. The van der Waals surface area contributed by atoms with Crippen LogP contribution in [0.3, 0.4) is 0 Å². The van der Waals surface area contributed by atoms with Gasteiger partial charge in [-0.25, -0.2) is 9.97 Å². The van der Waals surface area contributed by atoms with Gasteiger partial charge in [-0.3, -0.25) is 4.79 Å². The van der Waals surface area contributed by atoms with Gasteiger partial charge in [-0.2, -0.15) is 0 Å². The number of rotatable bonds is 7. The number of hydrogen-bond donors (Lipinski definition) is 1. The number of aryl methyl sites for hydroxylation is 1. The summed E-state index contributed by atoms with van der Waals surface area (Å²) in [6.45, 7) is 3.96. The van der Waals surface area contributed by atoms with Gasteiger partial charge in [-0.15, -0.1) is 0 Å². The molecule has 7 heteroatoms. The van der Waals surface area contributed by atoms with E-state index in [0.717, 1.165) is 33.4 Å². The molecule has 0 saturated carbocycles. The molecule has 7 nitrogen and oxygen atoms in total. The van der Waals surface area contributed by atoms with Crippen molar-refractivity contribution in [2.24, 2.45) is 0 Å². The van der Waals surface area contributed by atoms with Gasteiger partial charge in [0.1, 0.15) is 11.6 Å². The first-order valence-electron chi connectivity index (χ1n) is 11.4. The Morgan fingerprint density at radius 3 is 2.26 bits per heavy atom. The number of carbonyl (C=O) groups is 1. The van der Waals surface area contributed by atoms with E-state index in [-0.39, 0.29) is 11.9 Å². The molecule has 4 rings (SSSR count). The average Bonchev–Trinajstić information content (AvgIpc) is 2.87. The SMILES string of the molecule is COc1cc2nc(C)nc(N[C@H](C)c3cccc(-c4cccc(C(=O)N(C)C)c4)c3)c2cc1OC. The maximum absolute atomic E-state index is 12.4. The molecule has 1 N–H and O–H groups in total. The van der Waals surface area contributed by atoms with Crippen molar-refractivity contribution in [2.75, 3.05) is 33.6 Å². The van der Waals surface area contributed by atoms with Crippen LogP contribution >= 0.6 is 0 Å². The molecule has 1 heterocycles. The van der Waals surface area contributed by atoms with E-state index in [1.807, 2.05) is 49.4 Å². The molecule has 1 amide bonds. The van der Waals surface area contributed by atoms with Gasteiger partial charge in [0.25, 0.3) is 5.91 Å². The third-order valence-corrected chi connectivity index (χ3v) is 5.90. The summed E-state index contributed by atoms with van der Waals surface area (Å²) in [6, 6.07) is 19.7. The second-order valence-corrected chi connectivity index (χ2v) is 8.62. The van der Waals surface area contributed by atoms with Crippen molar-refractivity contribution in [2.45, 2.75) is 19.9 Å². The van der Waals surface area contributed by atoms with Gasteiger partial charge in [0.05, 0.1) is 19.7 Å². The number of nitrogens with zero attached hydrogens (tertiary/aromatic N) is 3. The zero-order valence-electron chi connectivity index (χ0n) is 20.9. The Morgan fingerprint density at radius 2 is 1.57 bits per heavy atom. The Balaban J connectivity index is 1.67. The lowest BCUT2D eigenvalue weighted by Gasteiger charge is -2.19. The molecule has 4 aromatic rings. The number of ether oxygens (including phenoxy) is 2. The van der Waals surface area contributed by atoms with E-state index in [9.17, 15) is 4.79 Å². The van der Waals surface area contributed by atoms with Crippen molar-refractivity contribution in [3.05, 3.63) is 77.6 Å². The lowest BCUT2D eigenvalue weighted by Crippen LogP contribution is -2.21. The van der Waals surface area contributed by atoms with Crippen LogP contribution in [0.1, 0.15) is 34.7 Å². The quantitative estimate of drug-likeness (QED) is 0.385. The van der Waals surface area contributed by atoms with Crippen molar-refractivity contribution in [3.63, 3.8) is 0 Å². The Bertz CT molecular complexity index is 1380. The van der Waals surface area contributed by atoms with Crippen LogP contribution < -0.4 is 14.8 Å². The second kappa shape index (κ2) is 10.0. The van der Waals surface area contributed by atoms with Crippen LogP contribution in [0.15, 0.2) is 60.7 Å². The molecule has 35 heavy (non-hydrogen) atoms. The fourth-order valence-corrected chi connectivity index (χ4v) is 4.05. The number of anilines is 1. The molecule has 0 bridgehead atoms. The van der Waals surface area contributed by atoms with Gasteiger partial charge < -0.3 is 19.7 Å². The van der Waals surface area contributed by atoms with Gasteiger partial charge >= 0.3 is 0 Å². The topological polar surface area (TPSA) is 76.6 Å². The van der Waals surface area contributed by atoms with Crippen LogP contribution in [0.5, 0.6) is 11.5 Å². The molecule has 0 radical (unpaired) electrons. The zero-order valence-corrected chi connectivity index (χ0v) is 20.9. The normalized spacial score (nSPS) is 11.7. The lowest BCUT2D eigenvalue weighted by atomic mass is 9.98. The number of aromatic nitrogens is 2. The molecule has 180 valence electrons. The summed E-state index contributed by atoms with van der Waals surface area (Å²) in [5, 5.41) is 4.40. The Hall–Kier alpha value is -4.13. The molecule has 0 aliphatic heterocycles. The van der Waals surface area contributed by atoms with Gasteiger partial charge in [0.2, 0.25) is 0 Å². The first-order valence-corrected chi connectivity index (χ1v) is 11.4. The molecule has 0 saturated heterocycles. The summed E-state index contributed by atoms with van der Waals surface area (Å²) in [6.07, 6.45) is 0. The molecule has 0 unspecified atom stereocenters. The zero-order chi connectivity index (χ0) is 25.1. The number of carbonyl (C=O) groups excluding carboxylic acids is 1. The summed E-state index contributed by atoms with van der Waals surface area (Å²) in [5.41, 5.74) is 4.57. The highest BCUT2D eigenvalue weighted by Crippen LogP contribution is 2.35. The van der Waals surface area contributed by atoms with Gasteiger partial charge in [-0.05, 0) is 54.8 Å². The molecule has 0 aliphatic rings. The number of benzene rings is 3. The fourth-order valence-electron chi connectivity index (χ4n) is 4.05. The van der Waals surface area contributed by atoms with Crippen molar-refractivity contribution >= 4 is 22.6 Å². The third-order valence-electron chi connectivity index (χ3n) is 5.90.